The number of aldehydes is 1. The molecular weight excluding hydrogens is 408 g/mol. The van der Waals surface area contributed by atoms with Gasteiger partial charge in [0.05, 0.1) is 47.4 Å². The van der Waals surface area contributed by atoms with Crippen LogP contribution in [-0.2, 0) is 19.2 Å². The number of morpholine rings is 1. The molecule has 0 spiro atoms. The van der Waals surface area contributed by atoms with Crippen LogP contribution in [0.4, 0.5) is 17.5 Å². The molecule has 4 heterocycles. The number of carbonyl (C=O) groups is 1. The summed E-state index contributed by atoms with van der Waals surface area (Å²) < 4.78 is 28.2. The van der Waals surface area contributed by atoms with E-state index in [0.29, 0.717) is 62.3 Å². The molecule has 4 rings (SSSR count). The van der Waals surface area contributed by atoms with Gasteiger partial charge in [-0.3, -0.25) is 4.79 Å². The van der Waals surface area contributed by atoms with E-state index in [1.54, 1.807) is 24.5 Å². The maximum atomic E-state index is 13.1. The van der Waals surface area contributed by atoms with Crippen LogP contribution in [-0.4, -0.2) is 76.0 Å². The predicted molar refractivity (Wildman–Crippen MR) is 113 cm³/mol. The monoisotopic (exact) mass is 432 g/mol. The largest absolute Gasteiger partial charge is 0.384 e. The smallest absolute Gasteiger partial charge is 0.168 e. The first-order valence-electron chi connectivity index (χ1n) is 9.61. The van der Waals surface area contributed by atoms with Gasteiger partial charge in [0.15, 0.2) is 17.9 Å². The number of nitrogen functional groups attached to an aromatic ring is 1. The summed E-state index contributed by atoms with van der Waals surface area (Å²) in [5.41, 5.74) is 6.57. The normalized spacial score (nSPS) is 21.5. The molecule has 2 fully saturated rings. The molecule has 0 radical (unpaired) electrons. The molecule has 160 valence electrons. The van der Waals surface area contributed by atoms with Gasteiger partial charge in [-0.15, -0.1) is 0 Å². The summed E-state index contributed by atoms with van der Waals surface area (Å²) in [6, 6.07) is 5.01. The average molecular weight is 433 g/mol. The molecule has 0 saturated carbocycles. The molecule has 0 bridgehead atoms. The first kappa shape index (κ1) is 20.6. The molecule has 2 aliphatic heterocycles. The zero-order valence-corrected chi connectivity index (χ0v) is 17.7. The zero-order valence-electron chi connectivity index (χ0n) is 16.9. The third-order valence-corrected chi connectivity index (χ3v) is 7.16. The van der Waals surface area contributed by atoms with Gasteiger partial charge in [-0.1, -0.05) is 0 Å². The summed E-state index contributed by atoms with van der Waals surface area (Å²) >= 11 is 0. The number of nitrogens with two attached hydrogens (primary N) is 1. The van der Waals surface area contributed by atoms with Crippen LogP contribution in [0.1, 0.15) is 17.4 Å². The van der Waals surface area contributed by atoms with Gasteiger partial charge in [0.1, 0.15) is 17.3 Å². The van der Waals surface area contributed by atoms with Crippen molar-refractivity contribution in [1.82, 2.24) is 15.0 Å². The second-order valence-electron chi connectivity index (χ2n) is 7.46. The van der Waals surface area contributed by atoms with E-state index < -0.39 is 9.73 Å². The molecule has 2 aliphatic rings. The third kappa shape index (κ3) is 4.27. The standard InChI is InChI=1S/C19H24N6O4S/c1-12-9-28-4-3-25(12)18-7-17(24-30(2,27)15-10-29-11-15)22-19(23-18)13-5-14(8-26)21-16(20)6-13/h5-8,12,15H,3-4,9-11H2,1-2H3,(H2,20,21)/t12-,30-/m1/s1. The van der Waals surface area contributed by atoms with Crippen molar-refractivity contribution < 1.29 is 18.5 Å². The first-order valence-corrected chi connectivity index (χ1v) is 11.6. The van der Waals surface area contributed by atoms with E-state index in [0.717, 1.165) is 0 Å². The minimum absolute atomic E-state index is 0.105. The number of rotatable bonds is 5. The van der Waals surface area contributed by atoms with Crippen molar-refractivity contribution in [3.8, 4) is 11.4 Å². The number of anilines is 2. The van der Waals surface area contributed by atoms with Crippen LogP contribution < -0.4 is 10.6 Å². The summed E-state index contributed by atoms with van der Waals surface area (Å²) in [5, 5.41) is -0.125. The fourth-order valence-electron chi connectivity index (χ4n) is 3.30. The number of ether oxygens (including phenoxy) is 2. The van der Waals surface area contributed by atoms with Gasteiger partial charge in [-0.2, -0.15) is 4.36 Å². The van der Waals surface area contributed by atoms with Crippen molar-refractivity contribution in [3.63, 3.8) is 0 Å². The van der Waals surface area contributed by atoms with E-state index in [-0.39, 0.29) is 22.8 Å². The van der Waals surface area contributed by atoms with Crippen LogP contribution in [0, 0.1) is 0 Å². The van der Waals surface area contributed by atoms with Gasteiger partial charge >= 0.3 is 0 Å². The lowest BCUT2D eigenvalue weighted by Crippen LogP contribution is -2.44. The van der Waals surface area contributed by atoms with Crippen LogP contribution in [0.3, 0.4) is 0 Å². The van der Waals surface area contributed by atoms with Crippen molar-refractivity contribution in [2.24, 2.45) is 4.36 Å². The molecule has 0 amide bonds. The lowest BCUT2D eigenvalue weighted by atomic mass is 10.2. The topological polar surface area (TPSA) is 133 Å². The summed E-state index contributed by atoms with van der Waals surface area (Å²) in [5.74, 6) is 1.49. The Balaban J connectivity index is 1.84. The molecule has 0 aliphatic carbocycles. The average Bonchev–Trinajstić information content (AvgIpc) is 2.65. The van der Waals surface area contributed by atoms with Crippen LogP contribution >= 0.6 is 0 Å². The van der Waals surface area contributed by atoms with Crippen LogP contribution in [0.2, 0.25) is 0 Å². The Morgan fingerprint density at radius 3 is 2.67 bits per heavy atom. The van der Waals surface area contributed by atoms with Gasteiger partial charge in [-0.25, -0.2) is 19.2 Å². The molecule has 2 aromatic rings. The summed E-state index contributed by atoms with van der Waals surface area (Å²) in [4.78, 5) is 26.5. The van der Waals surface area contributed by atoms with Crippen molar-refractivity contribution in [3.05, 3.63) is 23.9 Å². The number of carbonyl (C=O) groups excluding carboxylic acids is 1. The van der Waals surface area contributed by atoms with E-state index in [4.69, 9.17) is 15.2 Å². The summed E-state index contributed by atoms with van der Waals surface area (Å²) in [7, 11) is -2.53. The van der Waals surface area contributed by atoms with Crippen molar-refractivity contribution in [2.45, 2.75) is 18.2 Å². The second-order valence-corrected chi connectivity index (χ2v) is 10.0. The number of pyridine rings is 1. The fourth-order valence-corrected chi connectivity index (χ4v) is 4.61. The maximum Gasteiger partial charge on any atom is 0.168 e. The highest BCUT2D eigenvalue weighted by Gasteiger charge is 2.28. The van der Waals surface area contributed by atoms with Gasteiger partial charge < -0.3 is 20.1 Å². The SMILES string of the molecule is C[C@@H]1COCCN1c1cc(N=[S@](C)(=O)C2COC2)nc(-c2cc(N)nc(C=O)c2)n1. The second kappa shape index (κ2) is 8.25. The Morgan fingerprint density at radius 1 is 1.20 bits per heavy atom. The number of aromatic nitrogens is 3. The number of nitrogens with zero attached hydrogens (tertiary/aromatic N) is 5. The van der Waals surface area contributed by atoms with E-state index in [2.05, 4.69) is 24.2 Å². The molecular formula is C19H24N6O4S. The lowest BCUT2D eigenvalue weighted by Gasteiger charge is -2.34. The minimum Gasteiger partial charge on any atom is -0.384 e. The third-order valence-electron chi connectivity index (χ3n) is 5.11. The highest BCUT2D eigenvalue weighted by atomic mass is 32.2. The fraction of sp³-hybridized carbons (Fsp3) is 0.474. The lowest BCUT2D eigenvalue weighted by molar-refractivity contribution is 0.0431. The Morgan fingerprint density at radius 2 is 2.00 bits per heavy atom. The molecule has 11 heteroatoms. The quantitative estimate of drug-likeness (QED) is 0.694. The minimum atomic E-state index is -2.53. The van der Waals surface area contributed by atoms with Gasteiger partial charge in [-0.05, 0) is 19.1 Å². The van der Waals surface area contributed by atoms with Crippen molar-refractivity contribution >= 4 is 33.5 Å². The molecule has 10 nitrogen and oxygen atoms in total. The van der Waals surface area contributed by atoms with Crippen molar-refractivity contribution in [1.29, 1.82) is 0 Å². The van der Waals surface area contributed by atoms with E-state index in [9.17, 15) is 9.00 Å². The number of hydrogen-bond acceptors (Lipinski definition) is 10. The van der Waals surface area contributed by atoms with E-state index >= 15 is 0 Å². The first-order chi connectivity index (χ1) is 14.4. The molecule has 0 unspecified atom stereocenters. The Labute approximate surface area is 175 Å². The van der Waals surface area contributed by atoms with Crippen LogP contribution in [0.25, 0.3) is 11.4 Å². The molecule has 2 saturated heterocycles. The van der Waals surface area contributed by atoms with E-state index in [1.165, 1.54) is 0 Å². The molecule has 0 aromatic carbocycles. The van der Waals surface area contributed by atoms with Crippen LogP contribution in [0.5, 0.6) is 0 Å². The molecule has 2 N–H and O–H groups in total. The zero-order chi connectivity index (χ0) is 21.3. The molecule has 2 atom stereocenters. The van der Waals surface area contributed by atoms with E-state index in [1.807, 2.05) is 6.92 Å². The summed E-state index contributed by atoms with van der Waals surface area (Å²) in [6.07, 6.45) is 2.24. The Kier molecular flexibility index (Phi) is 5.67. The van der Waals surface area contributed by atoms with Gasteiger partial charge in [0.25, 0.3) is 0 Å². The van der Waals surface area contributed by atoms with Crippen molar-refractivity contribution in [2.75, 3.05) is 49.9 Å². The van der Waals surface area contributed by atoms with Gasteiger partial charge in [0, 0.05) is 24.4 Å². The highest BCUT2D eigenvalue weighted by molar-refractivity contribution is 7.93. The predicted octanol–water partition coefficient (Wildman–Crippen LogP) is 1.29. The maximum absolute atomic E-state index is 13.1. The number of hydrogen-bond donors (Lipinski definition) is 1. The summed E-state index contributed by atoms with van der Waals surface area (Å²) in [6.45, 7) is 4.71. The Hall–Kier alpha value is -2.63. The van der Waals surface area contributed by atoms with Gasteiger partial charge in [0.2, 0.25) is 0 Å². The molecule has 2 aromatic heterocycles. The molecule has 30 heavy (non-hydrogen) atoms. The Bertz CT molecular complexity index is 1080. The van der Waals surface area contributed by atoms with Crippen LogP contribution in [0.15, 0.2) is 22.6 Å². The highest BCUT2D eigenvalue weighted by Crippen LogP contribution is 2.28.